The van der Waals surface area contributed by atoms with Gasteiger partial charge in [-0.15, -0.1) is 0 Å². The van der Waals surface area contributed by atoms with Crippen LogP contribution in [0.2, 0.25) is 0 Å². The van der Waals surface area contributed by atoms with Crippen LogP contribution < -0.4 is 10.6 Å². The van der Waals surface area contributed by atoms with Gasteiger partial charge in [-0.2, -0.15) is 0 Å². The Labute approximate surface area is 215 Å². The van der Waals surface area contributed by atoms with Gasteiger partial charge in [0.05, 0.1) is 39.3 Å². The van der Waals surface area contributed by atoms with E-state index in [4.69, 9.17) is 18.9 Å². The average Bonchev–Trinajstić information content (AvgIpc) is 2.75. The van der Waals surface area contributed by atoms with Crippen LogP contribution in [0.15, 0.2) is 0 Å². The zero-order chi connectivity index (χ0) is 27.4. The third-order valence-electron chi connectivity index (χ3n) is 6.15. The maximum absolute atomic E-state index is 12.6. The van der Waals surface area contributed by atoms with Crippen LogP contribution in [0.4, 0.5) is 0 Å². The molecule has 0 aromatic rings. The first-order valence-electron chi connectivity index (χ1n) is 13.0. The van der Waals surface area contributed by atoms with Gasteiger partial charge in [0.2, 0.25) is 0 Å². The summed E-state index contributed by atoms with van der Waals surface area (Å²) in [5, 5.41) is 6.59. The molecule has 0 aromatic heterocycles. The normalized spacial score (nSPS) is 22.7. The molecule has 208 valence electrons. The van der Waals surface area contributed by atoms with E-state index in [0.29, 0.717) is 13.0 Å². The predicted octanol–water partition coefficient (Wildman–Crippen LogP) is 2.52. The molecule has 2 N–H and O–H groups in total. The fourth-order valence-electron chi connectivity index (χ4n) is 5.25. The van der Waals surface area contributed by atoms with Gasteiger partial charge in [-0.05, 0) is 57.8 Å². The maximum Gasteiger partial charge on any atom is 0.323 e. The van der Waals surface area contributed by atoms with E-state index < -0.39 is 36.0 Å². The van der Waals surface area contributed by atoms with Crippen LogP contribution in [-0.4, -0.2) is 75.0 Å². The van der Waals surface area contributed by atoms with Gasteiger partial charge in [0, 0.05) is 12.6 Å². The van der Waals surface area contributed by atoms with Gasteiger partial charge in [0.15, 0.2) is 0 Å². The molecule has 1 aliphatic carbocycles. The summed E-state index contributed by atoms with van der Waals surface area (Å²) in [4.78, 5) is 49.3. The third kappa shape index (κ3) is 11.2. The van der Waals surface area contributed by atoms with Crippen molar-refractivity contribution < 1.29 is 38.1 Å². The Morgan fingerprint density at radius 1 is 0.750 bits per heavy atom. The fraction of sp³-hybridized carbons (Fsp3) is 0.846. The number of carbonyl (C=O) groups excluding carboxylic acids is 4. The van der Waals surface area contributed by atoms with Gasteiger partial charge < -0.3 is 29.6 Å². The first-order chi connectivity index (χ1) is 16.9. The molecule has 0 radical (unpaired) electrons. The number of ether oxygens (including phenoxy) is 4. The van der Waals surface area contributed by atoms with Crippen molar-refractivity contribution in [1.82, 2.24) is 10.6 Å². The number of rotatable bonds is 15. The average molecular weight is 515 g/mol. The first-order valence-corrected chi connectivity index (χ1v) is 13.0. The molecule has 1 aliphatic rings. The molecular weight excluding hydrogens is 468 g/mol. The van der Waals surface area contributed by atoms with Crippen LogP contribution in [0.5, 0.6) is 0 Å². The predicted molar refractivity (Wildman–Crippen MR) is 134 cm³/mol. The Morgan fingerprint density at radius 3 is 1.72 bits per heavy atom. The summed E-state index contributed by atoms with van der Waals surface area (Å²) in [6.07, 6.45) is 2.13. The van der Waals surface area contributed by atoms with E-state index in [1.165, 1.54) is 0 Å². The molecule has 10 nitrogen and oxygen atoms in total. The van der Waals surface area contributed by atoms with Crippen molar-refractivity contribution in [3.05, 3.63) is 0 Å². The van der Waals surface area contributed by atoms with Crippen molar-refractivity contribution in [3.63, 3.8) is 0 Å². The highest BCUT2D eigenvalue weighted by Gasteiger charge is 2.43. The molecule has 1 fully saturated rings. The third-order valence-corrected chi connectivity index (χ3v) is 6.15. The Bertz CT molecular complexity index is 741. The van der Waals surface area contributed by atoms with Crippen molar-refractivity contribution in [2.75, 3.05) is 33.0 Å². The maximum atomic E-state index is 12.6. The van der Waals surface area contributed by atoms with Crippen LogP contribution >= 0.6 is 0 Å². The molecule has 1 saturated carbocycles. The van der Waals surface area contributed by atoms with E-state index in [-0.39, 0.29) is 56.1 Å². The topological polar surface area (TPSA) is 129 Å². The minimum absolute atomic E-state index is 0.0734. The second-order valence-electron chi connectivity index (χ2n) is 10.4. The standard InChI is InChI=1S/C26H46N2O8/c1-8-33-21(29)12-19(23(31)35-10-3)27-17-26(7)15-18(14-25(5,6)16-26)28-20(24(32)36-11-4)13-22(30)34-9-2/h18-20,27-28H,8-17H2,1-7H3. The Morgan fingerprint density at radius 2 is 1.22 bits per heavy atom. The summed E-state index contributed by atoms with van der Waals surface area (Å²) in [7, 11) is 0. The number of carbonyl (C=O) groups is 4. The Kier molecular flexibility index (Phi) is 13.4. The summed E-state index contributed by atoms with van der Waals surface area (Å²) >= 11 is 0. The molecule has 0 bridgehead atoms. The minimum atomic E-state index is -0.812. The quantitative estimate of drug-likeness (QED) is 0.248. The molecule has 4 atom stereocenters. The highest BCUT2D eigenvalue weighted by Crippen LogP contribution is 2.46. The van der Waals surface area contributed by atoms with Crippen molar-refractivity contribution >= 4 is 23.9 Å². The van der Waals surface area contributed by atoms with Gasteiger partial charge in [-0.25, -0.2) is 0 Å². The van der Waals surface area contributed by atoms with Crippen LogP contribution in [0.3, 0.4) is 0 Å². The smallest absolute Gasteiger partial charge is 0.323 e. The van der Waals surface area contributed by atoms with Crippen molar-refractivity contribution in [1.29, 1.82) is 0 Å². The molecule has 36 heavy (non-hydrogen) atoms. The van der Waals surface area contributed by atoms with Crippen LogP contribution in [0.1, 0.15) is 80.6 Å². The van der Waals surface area contributed by atoms with Crippen molar-refractivity contribution in [3.8, 4) is 0 Å². The number of hydrogen-bond donors (Lipinski definition) is 2. The molecule has 0 spiro atoms. The van der Waals surface area contributed by atoms with Crippen LogP contribution in [-0.2, 0) is 38.1 Å². The summed E-state index contributed by atoms with van der Waals surface area (Å²) in [6.45, 7) is 14.7. The lowest BCUT2D eigenvalue weighted by Gasteiger charge is -2.48. The molecule has 0 aromatic carbocycles. The largest absolute Gasteiger partial charge is 0.466 e. The molecule has 4 unspecified atom stereocenters. The zero-order valence-corrected chi connectivity index (χ0v) is 23.1. The number of esters is 4. The molecule has 0 aliphatic heterocycles. The monoisotopic (exact) mass is 514 g/mol. The van der Waals surface area contributed by atoms with E-state index in [9.17, 15) is 19.2 Å². The number of hydrogen-bond acceptors (Lipinski definition) is 10. The van der Waals surface area contributed by atoms with E-state index >= 15 is 0 Å². The second-order valence-corrected chi connectivity index (χ2v) is 10.4. The fourth-order valence-corrected chi connectivity index (χ4v) is 5.25. The summed E-state index contributed by atoms with van der Waals surface area (Å²) < 4.78 is 20.4. The van der Waals surface area contributed by atoms with Crippen LogP contribution in [0.25, 0.3) is 0 Å². The van der Waals surface area contributed by atoms with E-state index in [0.717, 1.165) is 12.8 Å². The Balaban J connectivity index is 2.99. The first kappa shape index (κ1) is 31.8. The van der Waals surface area contributed by atoms with Gasteiger partial charge in [-0.3, -0.25) is 19.2 Å². The van der Waals surface area contributed by atoms with Gasteiger partial charge in [-0.1, -0.05) is 20.8 Å². The van der Waals surface area contributed by atoms with Crippen molar-refractivity contribution in [2.45, 2.75) is 98.7 Å². The summed E-state index contributed by atoms with van der Waals surface area (Å²) in [5.41, 5.74) is -0.335. The van der Waals surface area contributed by atoms with Crippen molar-refractivity contribution in [2.24, 2.45) is 10.8 Å². The van der Waals surface area contributed by atoms with E-state index in [1.54, 1.807) is 27.7 Å². The Hall–Kier alpha value is -2.20. The summed E-state index contributed by atoms with van der Waals surface area (Å²) in [6, 6.07) is -1.69. The molecule has 1 rings (SSSR count). The number of nitrogens with one attached hydrogen (secondary N) is 2. The zero-order valence-electron chi connectivity index (χ0n) is 23.1. The molecule has 0 saturated heterocycles. The lowest BCUT2D eigenvalue weighted by molar-refractivity contribution is -0.153. The summed E-state index contributed by atoms with van der Waals surface area (Å²) in [5.74, 6) is -1.90. The highest BCUT2D eigenvalue weighted by molar-refractivity contribution is 5.83. The van der Waals surface area contributed by atoms with Gasteiger partial charge in [0.25, 0.3) is 0 Å². The lowest BCUT2D eigenvalue weighted by Crippen LogP contribution is -2.54. The lowest BCUT2D eigenvalue weighted by atomic mass is 9.62. The molecule has 0 amide bonds. The minimum Gasteiger partial charge on any atom is -0.466 e. The van der Waals surface area contributed by atoms with E-state index in [2.05, 4.69) is 31.4 Å². The molecule has 0 heterocycles. The molecule has 10 heteroatoms. The highest BCUT2D eigenvalue weighted by atomic mass is 16.5. The SMILES string of the molecule is CCOC(=O)CC(NCC1(C)CC(NC(CC(=O)OCC)C(=O)OCC)CC(C)(C)C1)C(=O)OCC. The second kappa shape index (κ2) is 15.1. The van der Waals surface area contributed by atoms with Gasteiger partial charge in [0.1, 0.15) is 12.1 Å². The van der Waals surface area contributed by atoms with Gasteiger partial charge >= 0.3 is 23.9 Å². The molecular formula is C26H46N2O8. The van der Waals surface area contributed by atoms with E-state index in [1.807, 2.05) is 0 Å². The van der Waals surface area contributed by atoms with Crippen LogP contribution in [0, 0.1) is 10.8 Å².